The molecule has 0 aliphatic heterocycles. The van der Waals surface area contributed by atoms with E-state index in [0.717, 1.165) is 0 Å². The second kappa shape index (κ2) is 5.85. The molecule has 2 N–H and O–H groups in total. The van der Waals surface area contributed by atoms with Crippen LogP contribution >= 0.6 is 0 Å². The molecular weight excluding hydrogens is 282 g/mol. The number of aliphatic hydroxyl groups is 1. The van der Waals surface area contributed by atoms with Crippen molar-refractivity contribution in [2.45, 2.75) is 11.5 Å². The number of methoxy groups -OCH3 is 1. The highest BCUT2D eigenvalue weighted by atomic mass is 32.2. The Balaban J connectivity index is 2.35. The highest BCUT2D eigenvalue weighted by Crippen LogP contribution is 2.23. The van der Waals surface area contributed by atoms with E-state index in [9.17, 15) is 13.5 Å². The van der Waals surface area contributed by atoms with Gasteiger partial charge in [-0.25, -0.2) is 23.1 Å². The minimum atomic E-state index is -3.81. The normalized spacial score (nSPS) is 11.1. The molecule has 0 amide bonds. The fourth-order valence-electron chi connectivity index (χ4n) is 1.58. The first-order valence-corrected chi connectivity index (χ1v) is 7.13. The van der Waals surface area contributed by atoms with Crippen molar-refractivity contribution in [2.24, 2.45) is 0 Å². The zero-order valence-electron chi connectivity index (χ0n) is 10.6. The summed E-state index contributed by atoms with van der Waals surface area (Å²) in [7, 11) is -2.37. The Morgan fingerprint density at radius 1 is 1.30 bits per heavy atom. The van der Waals surface area contributed by atoms with E-state index in [1.807, 2.05) is 0 Å². The zero-order valence-corrected chi connectivity index (χ0v) is 11.5. The Kier molecular flexibility index (Phi) is 4.16. The van der Waals surface area contributed by atoms with Gasteiger partial charge in [-0.15, -0.1) is 0 Å². The Hall–Kier alpha value is -2.19. The van der Waals surface area contributed by atoms with Gasteiger partial charge in [0.1, 0.15) is 5.75 Å². The van der Waals surface area contributed by atoms with E-state index in [-0.39, 0.29) is 17.5 Å². The van der Waals surface area contributed by atoms with Crippen molar-refractivity contribution in [3.8, 4) is 5.75 Å². The molecule has 2 rings (SSSR count). The Labute approximate surface area is 116 Å². The number of sulfonamides is 1. The van der Waals surface area contributed by atoms with Crippen molar-refractivity contribution in [3.05, 3.63) is 42.2 Å². The number of aliphatic hydroxyl groups excluding tert-OH is 1. The summed E-state index contributed by atoms with van der Waals surface area (Å²) in [6.45, 7) is -0.325. The van der Waals surface area contributed by atoms with E-state index in [4.69, 9.17) is 4.74 Å². The lowest BCUT2D eigenvalue weighted by Crippen LogP contribution is -2.15. The predicted molar refractivity (Wildman–Crippen MR) is 71.8 cm³/mol. The molecule has 8 heteroatoms. The van der Waals surface area contributed by atoms with Gasteiger partial charge in [0.25, 0.3) is 10.0 Å². The Bertz CT molecular complexity index is 689. The molecule has 1 aromatic carbocycles. The van der Waals surface area contributed by atoms with Gasteiger partial charge in [0, 0.05) is 18.0 Å². The number of anilines is 1. The van der Waals surface area contributed by atoms with Gasteiger partial charge < -0.3 is 9.84 Å². The molecule has 0 saturated heterocycles. The van der Waals surface area contributed by atoms with Crippen LogP contribution in [-0.4, -0.2) is 30.6 Å². The fraction of sp³-hybridized carbons (Fsp3) is 0.167. The maximum absolute atomic E-state index is 12.2. The van der Waals surface area contributed by atoms with E-state index < -0.39 is 10.0 Å². The average Bonchev–Trinajstić information content (AvgIpc) is 2.47. The summed E-state index contributed by atoms with van der Waals surface area (Å²) in [5.74, 6) is 0.399. The predicted octanol–water partition coefficient (Wildman–Crippen LogP) is 0.778. The van der Waals surface area contributed by atoms with Crippen LogP contribution in [0.1, 0.15) is 5.56 Å². The SMILES string of the molecule is COc1ccc(S(=O)(=O)Nc2ncccn2)cc1CO. The van der Waals surface area contributed by atoms with E-state index in [0.29, 0.717) is 11.3 Å². The number of rotatable bonds is 5. The molecule has 0 bridgehead atoms. The van der Waals surface area contributed by atoms with Crippen LogP contribution in [0.15, 0.2) is 41.6 Å². The molecule has 2 aromatic rings. The monoisotopic (exact) mass is 295 g/mol. The molecule has 0 unspecified atom stereocenters. The lowest BCUT2D eigenvalue weighted by atomic mass is 10.2. The summed E-state index contributed by atoms with van der Waals surface area (Å²) in [6.07, 6.45) is 2.86. The minimum Gasteiger partial charge on any atom is -0.496 e. The van der Waals surface area contributed by atoms with Crippen LogP contribution in [0.2, 0.25) is 0 Å². The van der Waals surface area contributed by atoms with Gasteiger partial charge in [-0.1, -0.05) is 0 Å². The van der Waals surface area contributed by atoms with Gasteiger partial charge in [-0.2, -0.15) is 0 Å². The Morgan fingerprint density at radius 3 is 2.60 bits per heavy atom. The summed E-state index contributed by atoms with van der Waals surface area (Å²) < 4.78 is 31.6. The zero-order chi connectivity index (χ0) is 14.6. The van der Waals surface area contributed by atoms with E-state index >= 15 is 0 Å². The van der Waals surface area contributed by atoms with Gasteiger partial charge in [0.15, 0.2) is 0 Å². The van der Waals surface area contributed by atoms with E-state index in [1.165, 1.54) is 37.7 Å². The quantitative estimate of drug-likeness (QED) is 0.845. The average molecular weight is 295 g/mol. The maximum atomic E-state index is 12.2. The number of ether oxygens (including phenoxy) is 1. The van der Waals surface area contributed by atoms with E-state index in [1.54, 1.807) is 6.07 Å². The Morgan fingerprint density at radius 2 is 2.00 bits per heavy atom. The fourth-order valence-corrected chi connectivity index (χ4v) is 2.58. The number of nitrogens with zero attached hydrogens (tertiary/aromatic N) is 2. The molecule has 0 atom stereocenters. The molecule has 0 radical (unpaired) electrons. The minimum absolute atomic E-state index is 0.00481. The second-order valence-corrected chi connectivity index (χ2v) is 5.49. The van der Waals surface area contributed by atoms with Gasteiger partial charge in [-0.05, 0) is 24.3 Å². The lowest BCUT2D eigenvalue weighted by Gasteiger charge is -2.10. The van der Waals surface area contributed by atoms with Gasteiger partial charge in [0.05, 0.1) is 18.6 Å². The standard InChI is InChI=1S/C12H13N3O4S/c1-19-11-4-3-10(7-9(11)8-16)20(17,18)15-12-13-5-2-6-14-12/h2-7,16H,8H2,1H3,(H,13,14,15). The van der Waals surface area contributed by atoms with Crippen molar-refractivity contribution in [3.63, 3.8) is 0 Å². The molecule has 20 heavy (non-hydrogen) atoms. The van der Waals surface area contributed by atoms with Crippen molar-refractivity contribution < 1.29 is 18.3 Å². The first kappa shape index (κ1) is 14.2. The summed E-state index contributed by atoms with van der Waals surface area (Å²) in [4.78, 5) is 7.58. The van der Waals surface area contributed by atoms with Crippen LogP contribution in [0, 0.1) is 0 Å². The third-order valence-corrected chi connectivity index (χ3v) is 3.85. The van der Waals surface area contributed by atoms with Crippen molar-refractivity contribution >= 4 is 16.0 Å². The van der Waals surface area contributed by atoms with Crippen molar-refractivity contribution in [1.29, 1.82) is 0 Å². The summed E-state index contributed by atoms with van der Waals surface area (Å²) >= 11 is 0. The number of aromatic nitrogens is 2. The summed E-state index contributed by atoms with van der Waals surface area (Å²) in [5.41, 5.74) is 0.379. The smallest absolute Gasteiger partial charge is 0.264 e. The van der Waals surface area contributed by atoms with Crippen LogP contribution in [0.3, 0.4) is 0 Å². The lowest BCUT2D eigenvalue weighted by molar-refractivity contribution is 0.273. The second-order valence-electron chi connectivity index (χ2n) is 3.81. The largest absolute Gasteiger partial charge is 0.496 e. The van der Waals surface area contributed by atoms with Gasteiger partial charge in [-0.3, -0.25) is 0 Å². The molecule has 1 aromatic heterocycles. The first-order valence-electron chi connectivity index (χ1n) is 5.64. The third kappa shape index (κ3) is 3.03. The number of hydrogen-bond donors (Lipinski definition) is 2. The topological polar surface area (TPSA) is 101 Å². The molecule has 0 aliphatic rings. The van der Waals surface area contributed by atoms with Crippen LogP contribution in [0.25, 0.3) is 0 Å². The highest BCUT2D eigenvalue weighted by molar-refractivity contribution is 7.92. The summed E-state index contributed by atoms with van der Waals surface area (Å²) in [5, 5.41) is 9.21. The summed E-state index contributed by atoms with van der Waals surface area (Å²) in [6, 6.07) is 5.77. The molecule has 0 spiro atoms. The van der Waals surface area contributed by atoms with E-state index in [2.05, 4.69) is 14.7 Å². The number of benzene rings is 1. The van der Waals surface area contributed by atoms with Crippen molar-refractivity contribution in [2.75, 3.05) is 11.8 Å². The van der Waals surface area contributed by atoms with Gasteiger partial charge >= 0.3 is 0 Å². The number of hydrogen-bond acceptors (Lipinski definition) is 6. The molecule has 0 aliphatic carbocycles. The maximum Gasteiger partial charge on any atom is 0.264 e. The molecule has 0 fully saturated rings. The van der Waals surface area contributed by atoms with Crippen LogP contribution in [-0.2, 0) is 16.6 Å². The molecule has 7 nitrogen and oxygen atoms in total. The third-order valence-electron chi connectivity index (χ3n) is 2.52. The molecule has 1 heterocycles. The first-order chi connectivity index (χ1) is 9.56. The van der Waals surface area contributed by atoms with Crippen molar-refractivity contribution in [1.82, 2.24) is 9.97 Å². The molecule has 106 valence electrons. The number of nitrogens with one attached hydrogen (secondary N) is 1. The molecule has 0 saturated carbocycles. The molecular formula is C12H13N3O4S. The van der Waals surface area contributed by atoms with Crippen LogP contribution < -0.4 is 9.46 Å². The van der Waals surface area contributed by atoms with Crippen LogP contribution in [0.4, 0.5) is 5.95 Å². The van der Waals surface area contributed by atoms with Gasteiger partial charge in [0.2, 0.25) is 5.95 Å². The van der Waals surface area contributed by atoms with Crippen LogP contribution in [0.5, 0.6) is 5.75 Å². The highest BCUT2D eigenvalue weighted by Gasteiger charge is 2.17.